The van der Waals surface area contributed by atoms with E-state index in [0.717, 1.165) is 13.1 Å². The smallest absolute Gasteiger partial charge is 0.226 e. The fourth-order valence-electron chi connectivity index (χ4n) is 4.44. The third-order valence-corrected chi connectivity index (χ3v) is 8.78. The summed E-state index contributed by atoms with van der Waals surface area (Å²) in [5, 5.41) is 10.9. The molecular weight excluding hydrogens is 440 g/mol. The molecule has 0 aromatic heterocycles. The Labute approximate surface area is 188 Å². The number of nitrogens with one attached hydrogen (secondary N) is 1. The fraction of sp³-hybridized carbons (Fsp3) is 0.571. The van der Waals surface area contributed by atoms with E-state index in [1.54, 1.807) is 17.9 Å². The molecule has 1 saturated carbocycles. The maximum absolute atomic E-state index is 13.4. The van der Waals surface area contributed by atoms with Gasteiger partial charge in [0, 0.05) is 31.2 Å². The van der Waals surface area contributed by atoms with Gasteiger partial charge in [-0.3, -0.25) is 9.59 Å². The van der Waals surface area contributed by atoms with Crippen LogP contribution < -0.4 is 5.32 Å². The molecule has 3 rings (SSSR count). The van der Waals surface area contributed by atoms with E-state index in [2.05, 4.69) is 10.2 Å². The Bertz CT molecular complexity index is 999. The molecule has 1 heterocycles. The first-order valence-corrected chi connectivity index (χ1v) is 12.2. The summed E-state index contributed by atoms with van der Waals surface area (Å²) in [5.74, 6) is -2.14. The Balaban J connectivity index is 1.87. The van der Waals surface area contributed by atoms with Crippen molar-refractivity contribution in [2.24, 2.45) is 11.8 Å². The van der Waals surface area contributed by atoms with E-state index in [1.165, 1.54) is 12.1 Å². The average molecular weight is 467 g/mol. The van der Waals surface area contributed by atoms with Crippen LogP contribution in [0.5, 0.6) is 0 Å². The van der Waals surface area contributed by atoms with Crippen molar-refractivity contribution >= 4 is 33.3 Å². The maximum atomic E-state index is 13.4. The Morgan fingerprint density at radius 2 is 1.84 bits per heavy atom. The van der Waals surface area contributed by atoms with Crippen LogP contribution in [0.25, 0.3) is 0 Å². The second-order valence-corrected chi connectivity index (χ2v) is 10.9. The number of piperazine rings is 1. The molecule has 1 aromatic rings. The van der Waals surface area contributed by atoms with Gasteiger partial charge in [0.2, 0.25) is 11.8 Å². The van der Waals surface area contributed by atoms with Crippen LogP contribution in [0.4, 0.5) is 0 Å². The number of carbonyl (C=O) groups is 2. The van der Waals surface area contributed by atoms with Crippen molar-refractivity contribution < 1.29 is 18.0 Å². The third-order valence-electron chi connectivity index (χ3n) is 6.21. The summed E-state index contributed by atoms with van der Waals surface area (Å²) in [5.41, 5.74) is 0.534. The standard InChI is InChI=1S/C21H27ClN4O4S/c1-14-11-15(22)3-4-19(14)31(29,30)16-12-17(20(27)24-6-5-23)18(13-16)21(28)26-9-7-25(2)8-10-26/h3-4,11,16-18H,6-10,12-13H2,1-2H3,(H,24,27). The van der Waals surface area contributed by atoms with Crippen molar-refractivity contribution in [3.63, 3.8) is 0 Å². The summed E-state index contributed by atoms with van der Waals surface area (Å²) in [6, 6.07) is 6.45. The molecule has 31 heavy (non-hydrogen) atoms. The molecule has 2 fully saturated rings. The zero-order valence-corrected chi connectivity index (χ0v) is 19.2. The Hall–Kier alpha value is -2.15. The van der Waals surface area contributed by atoms with Gasteiger partial charge in [-0.1, -0.05) is 11.6 Å². The molecule has 0 radical (unpaired) electrons. The molecule has 2 amide bonds. The number of amides is 2. The number of hydrogen-bond donors (Lipinski definition) is 1. The molecule has 10 heteroatoms. The van der Waals surface area contributed by atoms with Crippen LogP contribution in [-0.4, -0.2) is 75.1 Å². The van der Waals surface area contributed by atoms with Gasteiger partial charge in [0.05, 0.1) is 28.1 Å². The summed E-state index contributed by atoms with van der Waals surface area (Å²) in [4.78, 5) is 30.0. The van der Waals surface area contributed by atoms with Crippen LogP contribution in [0.2, 0.25) is 5.02 Å². The highest BCUT2D eigenvalue weighted by atomic mass is 35.5. The van der Waals surface area contributed by atoms with Gasteiger partial charge in [-0.2, -0.15) is 5.26 Å². The number of halogens is 1. The average Bonchev–Trinajstić information content (AvgIpc) is 3.18. The minimum atomic E-state index is -3.76. The van der Waals surface area contributed by atoms with Crippen LogP contribution in [-0.2, 0) is 19.4 Å². The van der Waals surface area contributed by atoms with E-state index in [0.29, 0.717) is 23.7 Å². The zero-order chi connectivity index (χ0) is 22.8. The van der Waals surface area contributed by atoms with Crippen LogP contribution in [0.1, 0.15) is 18.4 Å². The Morgan fingerprint density at radius 1 is 1.19 bits per heavy atom. The molecule has 1 N–H and O–H groups in total. The summed E-state index contributed by atoms with van der Waals surface area (Å²) >= 11 is 5.97. The lowest BCUT2D eigenvalue weighted by Crippen LogP contribution is -2.50. The van der Waals surface area contributed by atoms with E-state index in [1.807, 2.05) is 13.1 Å². The van der Waals surface area contributed by atoms with Crippen molar-refractivity contribution in [3.8, 4) is 6.07 Å². The minimum Gasteiger partial charge on any atom is -0.343 e. The first kappa shape index (κ1) is 23.5. The number of rotatable bonds is 5. The van der Waals surface area contributed by atoms with Crippen molar-refractivity contribution in [3.05, 3.63) is 28.8 Å². The lowest BCUT2D eigenvalue weighted by molar-refractivity contribution is -0.142. The maximum Gasteiger partial charge on any atom is 0.226 e. The van der Waals surface area contributed by atoms with Crippen LogP contribution >= 0.6 is 11.6 Å². The summed E-state index contributed by atoms with van der Waals surface area (Å²) in [6.45, 7) is 4.05. The van der Waals surface area contributed by atoms with Crippen LogP contribution in [0.15, 0.2) is 23.1 Å². The van der Waals surface area contributed by atoms with Crippen LogP contribution in [0.3, 0.4) is 0 Å². The van der Waals surface area contributed by atoms with Gasteiger partial charge in [-0.25, -0.2) is 8.42 Å². The molecule has 0 spiro atoms. The predicted molar refractivity (Wildman–Crippen MR) is 116 cm³/mol. The molecule has 3 unspecified atom stereocenters. The highest BCUT2D eigenvalue weighted by Crippen LogP contribution is 2.40. The molecule has 8 nitrogen and oxygen atoms in total. The first-order chi connectivity index (χ1) is 14.6. The SMILES string of the molecule is Cc1cc(Cl)ccc1S(=O)(=O)C1CC(C(=O)NCC#N)C(C(=O)N2CCN(C)CC2)C1. The van der Waals surface area contributed by atoms with E-state index >= 15 is 0 Å². The molecular formula is C21H27ClN4O4S. The highest BCUT2D eigenvalue weighted by molar-refractivity contribution is 7.92. The lowest BCUT2D eigenvalue weighted by atomic mass is 9.93. The number of aryl methyl sites for hydroxylation is 1. The topological polar surface area (TPSA) is 111 Å². The Morgan fingerprint density at radius 3 is 2.45 bits per heavy atom. The van der Waals surface area contributed by atoms with Crippen LogP contribution in [0, 0.1) is 30.1 Å². The van der Waals surface area contributed by atoms with E-state index in [-0.39, 0.29) is 30.2 Å². The van der Waals surface area contributed by atoms with E-state index in [9.17, 15) is 18.0 Å². The Kier molecular flexibility index (Phi) is 7.24. The number of nitriles is 1. The minimum absolute atomic E-state index is 0.0474. The zero-order valence-electron chi connectivity index (χ0n) is 17.7. The first-order valence-electron chi connectivity index (χ1n) is 10.3. The van der Waals surface area contributed by atoms with Crippen molar-refractivity contribution in [2.45, 2.75) is 29.9 Å². The number of benzene rings is 1. The number of sulfone groups is 1. The lowest BCUT2D eigenvalue weighted by Gasteiger charge is -2.34. The van der Waals surface area contributed by atoms with Gasteiger partial charge in [0.15, 0.2) is 9.84 Å². The molecule has 1 aliphatic carbocycles. The molecule has 0 bridgehead atoms. The summed E-state index contributed by atoms with van der Waals surface area (Å²) < 4.78 is 26.8. The predicted octanol–water partition coefficient (Wildman–Crippen LogP) is 1.23. The summed E-state index contributed by atoms with van der Waals surface area (Å²) in [7, 11) is -1.78. The van der Waals surface area contributed by atoms with Gasteiger partial charge in [-0.05, 0) is 50.6 Å². The number of nitrogens with zero attached hydrogens (tertiary/aromatic N) is 3. The largest absolute Gasteiger partial charge is 0.343 e. The third kappa shape index (κ3) is 5.03. The van der Waals surface area contributed by atoms with Gasteiger partial charge in [0.25, 0.3) is 0 Å². The van der Waals surface area contributed by atoms with Crippen molar-refractivity contribution in [1.82, 2.24) is 15.1 Å². The fourth-order valence-corrected chi connectivity index (χ4v) is 6.71. The second-order valence-electron chi connectivity index (χ2n) is 8.27. The second kappa shape index (κ2) is 9.55. The molecule has 168 valence electrons. The molecule has 1 aromatic carbocycles. The van der Waals surface area contributed by atoms with Gasteiger partial charge in [0.1, 0.15) is 6.54 Å². The van der Waals surface area contributed by atoms with Gasteiger partial charge < -0.3 is 15.1 Å². The number of likely N-dealkylation sites (N-methyl/N-ethyl adjacent to an activating group) is 1. The van der Waals surface area contributed by atoms with Crippen molar-refractivity contribution in [2.75, 3.05) is 39.8 Å². The molecule has 1 saturated heterocycles. The number of carbonyl (C=O) groups excluding carboxylic acids is 2. The molecule has 2 aliphatic rings. The van der Waals surface area contributed by atoms with Gasteiger partial charge >= 0.3 is 0 Å². The molecule has 1 aliphatic heterocycles. The highest BCUT2D eigenvalue weighted by Gasteiger charge is 2.49. The van der Waals surface area contributed by atoms with E-state index in [4.69, 9.17) is 16.9 Å². The number of hydrogen-bond acceptors (Lipinski definition) is 6. The van der Waals surface area contributed by atoms with Gasteiger partial charge in [-0.15, -0.1) is 0 Å². The van der Waals surface area contributed by atoms with Crippen molar-refractivity contribution in [1.29, 1.82) is 5.26 Å². The molecule has 3 atom stereocenters. The normalized spacial score (nSPS) is 24.6. The summed E-state index contributed by atoms with van der Waals surface area (Å²) in [6.07, 6.45) is 0.131. The quantitative estimate of drug-likeness (QED) is 0.653. The van der Waals surface area contributed by atoms with E-state index < -0.39 is 32.8 Å². The monoisotopic (exact) mass is 466 g/mol.